The van der Waals surface area contributed by atoms with Crippen LogP contribution in [0.15, 0.2) is 24.4 Å². The van der Waals surface area contributed by atoms with Crippen molar-refractivity contribution < 1.29 is 4.79 Å². The molecular formula is C16H20N4O. The normalized spacial score (nSPS) is 14.8. The fraction of sp³-hybridized carbons (Fsp3) is 0.438. The molecule has 0 radical (unpaired) electrons. The number of anilines is 1. The van der Waals surface area contributed by atoms with Gasteiger partial charge in [-0.15, -0.1) is 0 Å². The van der Waals surface area contributed by atoms with Gasteiger partial charge in [-0.3, -0.25) is 14.5 Å². The average molecular weight is 284 g/mol. The van der Waals surface area contributed by atoms with Crippen LogP contribution in [-0.2, 0) is 18.3 Å². The third-order valence-electron chi connectivity index (χ3n) is 4.03. The number of hydrogen-bond donors (Lipinski definition) is 1. The van der Waals surface area contributed by atoms with Crippen molar-refractivity contribution in [3.05, 3.63) is 41.3 Å². The standard InChI is InChI=1S/C16H20N4O/c1-11-6-7-12(10-17-11)8-16(21)18-15-9-14(19-20(15)2)13-4-3-5-13/h6-7,9-10,13H,3-5,8H2,1-2H3,(H,18,21). The lowest BCUT2D eigenvalue weighted by Crippen LogP contribution is -2.16. The van der Waals surface area contributed by atoms with Gasteiger partial charge < -0.3 is 5.32 Å². The van der Waals surface area contributed by atoms with Crippen LogP contribution in [0.3, 0.4) is 0 Å². The number of nitrogens with one attached hydrogen (secondary N) is 1. The lowest BCUT2D eigenvalue weighted by molar-refractivity contribution is -0.115. The molecule has 0 saturated heterocycles. The second kappa shape index (κ2) is 5.68. The molecule has 1 amide bonds. The molecular weight excluding hydrogens is 264 g/mol. The van der Waals surface area contributed by atoms with Crippen LogP contribution in [0.5, 0.6) is 0 Å². The second-order valence-electron chi connectivity index (χ2n) is 5.74. The van der Waals surface area contributed by atoms with Crippen LogP contribution in [0.1, 0.15) is 42.1 Å². The SMILES string of the molecule is Cc1ccc(CC(=O)Nc2cc(C3CCC3)nn2C)cn1. The Kier molecular flexibility index (Phi) is 3.73. The number of rotatable bonds is 4. The summed E-state index contributed by atoms with van der Waals surface area (Å²) in [6.45, 7) is 1.93. The van der Waals surface area contributed by atoms with Crippen molar-refractivity contribution >= 4 is 11.7 Å². The zero-order chi connectivity index (χ0) is 14.8. The third kappa shape index (κ3) is 3.12. The number of carbonyl (C=O) groups excluding carboxylic acids is 1. The molecule has 0 bridgehead atoms. The molecule has 1 aliphatic rings. The molecule has 0 unspecified atom stereocenters. The quantitative estimate of drug-likeness (QED) is 0.938. The Balaban J connectivity index is 1.64. The van der Waals surface area contributed by atoms with Crippen molar-refractivity contribution in [1.82, 2.24) is 14.8 Å². The van der Waals surface area contributed by atoms with E-state index in [9.17, 15) is 4.79 Å². The van der Waals surface area contributed by atoms with Gasteiger partial charge in [0, 0.05) is 30.9 Å². The van der Waals surface area contributed by atoms with Crippen LogP contribution in [-0.4, -0.2) is 20.7 Å². The maximum Gasteiger partial charge on any atom is 0.229 e. The first-order valence-electron chi connectivity index (χ1n) is 7.37. The fourth-order valence-electron chi connectivity index (χ4n) is 2.49. The first-order valence-corrected chi connectivity index (χ1v) is 7.37. The van der Waals surface area contributed by atoms with Gasteiger partial charge >= 0.3 is 0 Å². The van der Waals surface area contributed by atoms with Gasteiger partial charge in [-0.25, -0.2) is 0 Å². The first-order chi connectivity index (χ1) is 10.1. The first kappa shape index (κ1) is 13.8. The van der Waals surface area contributed by atoms with E-state index in [4.69, 9.17) is 0 Å². The predicted molar refractivity (Wildman–Crippen MR) is 81.1 cm³/mol. The Morgan fingerprint density at radius 3 is 2.86 bits per heavy atom. The van der Waals surface area contributed by atoms with Gasteiger partial charge in [-0.05, 0) is 31.4 Å². The van der Waals surface area contributed by atoms with E-state index in [-0.39, 0.29) is 5.91 Å². The minimum absolute atomic E-state index is 0.0381. The molecule has 1 fully saturated rings. The Morgan fingerprint density at radius 1 is 1.43 bits per heavy atom. The third-order valence-corrected chi connectivity index (χ3v) is 4.03. The molecule has 5 heteroatoms. The molecule has 2 aromatic heterocycles. The fourth-order valence-corrected chi connectivity index (χ4v) is 2.49. The van der Waals surface area contributed by atoms with Crippen molar-refractivity contribution in [2.24, 2.45) is 7.05 Å². The number of carbonyl (C=O) groups is 1. The smallest absolute Gasteiger partial charge is 0.229 e. The summed E-state index contributed by atoms with van der Waals surface area (Å²) in [6.07, 6.45) is 5.78. The molecule has 1 aliphatic carbocycles. The number of pyridine rings is 1. The number of hydrogen-bond acceptors (Lipinski definition) is 3. The molecule has 21 heavy (non-hydrogen) atoms. The molecule has 0 atom stereocenters. The number of aromatic nitrogens is 3. The van der Waals surface area contributed by atoms with Crippen LogP contribution in [0, 0.1) is 6.92 Å². The average Bonchev–Trinajstić information content (AvgIpc) is 2.71. The Hall–Kier alpha value is -2.17. The van der Waals surface area contributed by atoms with E-state index in [1.165, 1.54) is 19.3 Å². The highest BCUT2D eigenvalue weighted by molar-refractivity contribution is 5.91. The van der Waals surface area contributed by atoms with Crippen molar-refractivity contribution in [1.29, 1.82) is 0 Å². The van der Waals surface area contributed by atoms with Gasteiger partial charge in [0.25, 0.3) is 0 Å². The monoisotopic (exact) mass is 284 g/mol. The zero-order valence-corrected chi connectivity index (χ0v) is 12.5. The largest absolute Gasteiger partial charge is 0.311 e. The molecule has 2 heterocycles. The van der Waals surface area contributed by atoms with E-state index in [1.807, 2.05) is 32.2 Å². The summed E-state index contributed by atoms with van der Waals surface area (Å²) in [4.78, 5) is 16.3. The summed E-state index contributed by atoms with van der Waals surface area (Å²) in [5.41, 5.74) is 2.96. The van der Waals surface area contributed by atoms with E-state index in [2.05, 4.69) is 15.4 Å². The van der Waals surface area contributed by atoms with Gasteiger partial charge in [-0.1, -0.05) is 12.5 Å². The van der Waals surface area contributed by atoms with Crippen LogP contribution in [0.4, 0.5) is 5.82 Å². The topological polar surface area (TPSA) is 59.8 Å². The highest BCUT2D eigenvalue weighted by Gasteiger charge is 2.23. The summed E-state index contributed by atoms with van der Waals surface area (Å²) in [5.74, 6) is 1.30. The number of aryl methyl sites for hydroxylation is 2. The van der Waals surface area contributed by atoms with Crippen LogP contribution in [0.25, 0.3) is 0 Å². The molecule has 3 rings (SSSR count). The minimum Gasteiger partial charge on any atom is -0.311 e. The molecule has 1 N–H and O–H groups in total. The van der Waals surface area contributed by atoms with Crippen molar-refractivity contribution in [2.45, 2.75) is 38.5 Å². The van der Waals surface area contributed by atoms with E-state index >= 15 is 0 Å². The Labute approximate surface area is 124 Å². The number of nitrogens with zero attached hydrogens (tertiary/aromatic N) is 3. The van der Waals surface area contributed by atoms with Gasteiger partial charge in [-0.2, -0.15) is 5.10 Å². The molecule has 5 nitrogen and oxygen atoms in total. The van der Waals surface area contributed by atoms with Crippen LogP contribution < -0.4 is 5.32 Å². The zero-order valence-electron chi connectivity index (χ0n) is 12.5. The highest BCUT2D eigenvalue weighted by Crippen LogP contribution is 2.36. The van der Waals surface area contributed by atoms with Crippen molar-refractivity contribution in [2.75, 3.05) is 5.32 Å². The summed E-state index contributed by atoms with van der Waals surface area (Å²) < 4.78 is 1.75. The molecule has 0 aliphatic heterocycles. The summed E-state index contributed by atoms with van der Waals surface area (Å²) in [5, 5.41) is 7.42. The lowest BCUT2D eigenvalue weighted by Gasteiger charge is -2.22. The summed E-state index contributed by atoms with van der Waals surface area (Å²) in [6, 6.07) is 5.85. The molecule has 0 aromatic carbocycles. The van der Waals surface area contributed by atoms with E-state index in [0.29, 0.717) is 12.3 Å². The molecule has 0 spiro atoms. The highest BCUT2D eigenvalue weighted by atomic mass is 16.1. The number of amides is 1. The van der Waals surface area contributed by atoms with Gasteiger partial charge in [0.15, 0.2) is 0 Å². The molecule has 2 aromatic rings. The maximum atomic E-state index is 12.1. The van der Waals surface area contributed by atoms with Crippen molar-refractivity contribution in [3.8, 4) is 0 Å². The van der Waals surface area contributed by atoms with E-state index < -0.39 is 0 Å². The molecule has 110 valence electrons. The van der Waals surface area contributed by atoms with Gasteiger partial charge in [0.1, 0.15) is 5.82 Å². The minimum atomic E-state index is -0.0381. The summed E-state index contributed by atoms with van der Waals surface area (Å²) >= 11 is 0. The lowest BCUT2D eigenvalue weighted by atomic mass is 9.83. The second-order valence-corrected chi connectivity index (χ2v) is 5.74. The Morgan fingerprint density at radius 2 is 2.24 bits per heavy atom. The van der Waals surface area contributed by atoms with Gasteiger partial charge in [0.2, 0.25) is 5.91 Å². The summed E-state index contributed by atoms with van der Waals surface area (Å²) in [7, 11) is 1.87. The molecule has 1 saturated carbocycles. The van der Waals surface area contributed by atoms with Crippen LogP contribution in [0.2, 0.25) is 0 Å². The van der Waals surface area contributed by atoms with Gasteiger partial charge in [0.05, 0.1) is 12.1 Å². The maximum absolute atomic E-state index is 12.1. The van der Waals surface area contributed by atoms with Crippen LogP contribution >= 0.6 is 0 Å². The predicted octanol–water partition coefficient (Wildman–Crippen LogP) is 2.57. The van der Waals surface area contributed by atoms with E-state index in [1.54, 1.807) is 10.9 Å². The Bertz CT molecular complexity index is 641. The van der Waals surface area contributed by atoms with E-state index in [0.717, 1.165) is 22.8 Å². The van der Waals surface area contributed by atoms with Crippen molar-refractivity contribution in [3.63, 3.8) is 0 Å².